The van der Waals surface area contributed by atoms with Crippen LogP contribution < -0.4 is 10.5 Å². The van der Waals surface area contributed by atoms with Crippen LogP contribution in [-0.2, 0) is 10.0 Å². The molecule has 0 bridgehead atoms. The number of rotatable bonds is 6. The molecular weight excluding hydrogens is 298 g/mol. The number of nitrogens with one attached hydrogen (secondary N) is 1. The monoisotopic (exact) mass is 316 g/mol. The lowest BCUT2D eigenvalue weighted by molar-refractivity contribution is 0.540. The lowest BCUT2D eigenvalue weighted by atomic mass is 10.2. The summed E-state index contributed by atoms with van der Waals surface area (Å²) in [5, 5.41) is 0. The molecule has 116 valence electrons. The Morgan fingerprint density at radius 2 is 2.00 bits per heavy atom. The number of unbranched alkanes of at least 4 members (excludes halogenated alkanes) is 2. The Morgan fingerprint density at radius 1 is 1.29 bits per heavy atom. The van der Waals surface area contributed by atoms with Gasteiger partial charge in [0.1, 0.15) is 16.5 Å². The van der Waals surface area contributed by atoms with Crippen LogP contribution in [0, 0.1) is 23.5 Å². The zero-order valence-electron chi connectivity index (χ0n) is 11.7. The Bertz CT molecular complexity index is 649. The van der Waals surface area contributed by atoms with E-state index >= 15 is 0 Å². The highest BCUT2D eigenvalue weighted by Gasteiger charge is 2.23. The highest BCUT2D eigenvalue weighted by molar-refractivity contribution is 7.89. The summed E-state index contributed by atoms with van der Waals surface area (Å²) in [5.41, 5.74) is 4.96. The number of hydrogen-bond donors (Lipinski definition) is 2. The zero-order valence-corrected chi connectivity index (χ0v) is 12.6. The summed E-state index contributed by atoms with van der Waals surface area (Å²) < 4.78 is 53.6. The summed E-state index contributed by atoms with van der Waals surface area (Å²) in [6, 6.07) is 1.40. The molecule has 1 rings (SSSR count). The minimum Gasteiger partial charge on any atom is -0.320 e. The van der Waals surface area contributed by atoms with E-state index in [1.165, 1.54) is 0 Å². The summed E-state index contributed by atoms with van der Waals surface area (Å²) in [5.74, 6) is 2.73. The van der Waals surface area contributed by atoms with Crippen LogP contribution in [0.25, 0.3) is 0 Å². The molecule has 0 saturated heterocycles. The maximum Gasteiger partial charge on any atom is 0.244 e. The fourth-order valence-corrected chi connectivity index (χ4v) is 3.00. The number of hydrogen-bond acceptors (Lipinski definition) is 3. The van der Waals surface area contributed by atoms with E-state index in [4.69, 9.17) is 5.73 Å². The van der Waals surface area contributed by atoms with Gasteiger partial charge >= 0.3 is 0 Å². The van der Waals surface area contributed by atoms with Crippen molar-refractivity contribution in [3.63, 3.8) is 0 Å². The van der Waals surface area contributed by atoms with E-state index in [0.717, 1.165) is 18.9 Å². The first-order valence-electron chi connectivity index (χ1n) is 6.60. The molecule has 21 heavy (non-hydrogen) atoms. The molecule has 0 aliphatic carbocycles. The third-order valence-corrected chi connectivity index (χ3v) is 4.21. The van der Waals surface area contributed by atoms with Crippen molar-refractivity contribution in [2.45, 2.75) is 31.1 Å². The molecule has 4 nitrogen and oxygen atoms in total. The summed E-state index contributed by atoms with van der Waals surface area (Å²) in [4.78, 5) is -0.638. The Labute approximate surface area is 123 Å². The van der Waals surface area contributed by atoms with Crippen molar-refractivity contribution >= 4 is 10.0 Å². The normalized spacial score (nSPS) is 11.0. The second-order valence-electron chi connectivity index (χ2n) is 4.38. The molecule has 0 aliphatic heterocycles. The van der Waals surface area contributed by atoms with Gasteiger partial charge in [-0.2, -0.15) is 0 Å². The van der Waals surface area contributed by atoms with Gasteiger partial charge in [-0.3, -0.25) is 0 Å². The highest BCUT2D eigenvalue weighted by Crippen LogP contribution is 2.20. The van der Waals surface area contributed by atoms with Gasteiger partial charge in [-0.1, -0.05) is 31.6 Å². The lowest BCUT2D eigenvalue weighted by Crippen LogP contribution is -2.26. The number of sulfonamides is 1. The van der Waals surface area contributed by atoms with Crippen molar-refractivity contribution in [1.29, 1.82) is 0 Å². The smallest absolute Gasteiger partial charge is 0.244 e. The largest absolute Gasteiger partial charge is 0.320 e. The molecule has 0 unspecified atom stereocenters. The van der Waals surface area contributed by atoms with Crippen LogP contribution in [0.5, 0.6) is 0 Å². The summed E-state index contributed by atoms with van der Waals surface area (Å²) in [6.07, 6.45) is 2.43. The first kappa shape index (κ1) is 17.6. The van der Waals surface area contributed by atoms with E-state index < -0.39 is 26.6 Å². The summed E-state index contributed by atoms with van der Waals surface area (Å²) in [7, 11) is -4.08. The average Bonchev–Trinajstić information content (AvgIpc) is 2.40. The van der Waals surface area contributed by atoms with E-state index in [2.05, 4.69) is 16.6 Å². The second kappa shape index (κ2) is 8.08. The molecule has 0 fully saturated rings. The van der Waals surface area contributed by atoms with E-state index in [-0.39, 0.29) is 18.7 Å². The maximum absolute atomic E-state index is 13.9. The van der Waals surface area contributed by atoms with Crippen molar-refractivity contribution < 1.29 is 17.2 Å². The predicted molar refractivity (Wildman–Crippen MR) is 77.0 cm³/mol. The van der Waals surface area contributed by atoms with Gasteiger partial charge in [0, 0.05) is 12.6 Å². The Kier molecular flexibility index (Phi) is 6.75. The zero-order chi connectivity index (χ0) is 15.9. The summed E-state index contributed by atoms with van der Waals surface area (Å²) >= 11 is 0. The molecule has 0 heterocycles. The van der Waals surface area contributed by atoms with Crippen molar-refractivity contribution in [2.24, 2.45) is 5.73 Å². The first-order valence-corrected chi connectivity index (χ1v) is 8.08. The molecule has 0 radical (unpaired) electrons. The number of nitrogens with two attached hydrogens (primary N) is 1. The molecule has 7 heteroatoms. The van der Waals surface area contributed by atoms with Crippen LogP contribution in [0.2, 0.25) is 0 Å². The molecular formula is C14H18F2N2O2S. The van der Waals surface area contributed by atoms with Crippen LogP contribution in [0.1, 0.15) is 31.7 Å². The highest BCUT2D eigenvalue weighted by atomic mass is 32.2. The minimum absolute atomic E-state index is 0.0401. The predicted octanol–water partition coefficient (Wildman–Crippen LogP) is 1.74. The fourth-order valence-electron chi connectivity index (χ4n) is 1.73. The van der Waals surface area contributed by atoms with E-state index in [0.29, 0.717) is 12.5 Å². The van der Waals surface area contributed by atoms with E-state index in [1.807, 2.05) is 6.92 Å². The molecule has 0 spiro atoms. The van der Waals surface area contributed by atoms with Gasteiger partial charge in [0.15, 0.2) is 0 Å². The Morgan fingerprint density at radius 3 is 2.62 bits per heavy atom. The second-order valence-corrected chi connectivity index (χ2v) is 6.08. The van der Waals surface area contributed by atoms with Crippen molar-refractivity contribution in [3.8, 4) is 11.8 Å². The van der Waals surface area contributed by atoms with E-state index in [1.54, 1.807) is 0 Å². The molecule has 3 N–H and O–H groups in total. The van der Waals surface area contributed by atoms with Gasteiger partial charge in [-0.15, -0.1) is 0 Å². The standard InChI is InChI=1S/C14H18F2N2O2S/c1-2-3-4-8-18-21(19,20)14-11(6-5-7-17)9-12(15)10-13(14)16/h9-10,18H,2-4,7-8,17H2,1H3. The molecule has 1 aromatic carbocycles. The van der Waals surface area contributed by atoms with Gasteiger partial charge in [0.05, 0.1) is 12.1 Å². The number of benzene rings is 1. The quantitative estimate of drug-likeness (QED) is 0.620. The third kappa shape index (κ3) is 5.08. The van der Waals surface area contributed by atoms with Crippen LogP contribution >= 0.6 is 0 Å². The van der Waals surface area contributed by atoms with Gasteiger partial charge in [-0.05, 0) is 12.5 Å². The molecule has 1 aromatic rings. The van der Waals surface area contributed by atoms with E-state index in [9.17, 15) is 17.2 Å². The SMILES string of the molecule is CCCCCNS(=O)(=O)c1c(F)cc(F)cc1C#CCN. The van der Waals surface area contributed by atoms with Gasteiger partial charge in [0.25, 0.3) is 0 Å². The van der Waals surface area contributed by atoms with Crippen molar-refractivity contribution in [2.75, 3.05) is 13.1 Å². The average molecular weight is 316 g/mol. The molecule has 0 amide bonds. The Balaban J connectivity index is 3.15. The maximum atomic E-state index is 13.9. The van der Waals surface area contributed by atoms with Gasteiger partial charge < -0.3 is 5.73 Å². The van der Waals surface area contributed by atoms with Crippen LogP contribution in [0.15, 0.2) is 17.0 Å². The molecule has 0 saturated carbocycles. The van der Waals surface area contributed by atoms with Crippen LogP contribution in [-0.4, -0.2) is 21.5 Å². The van der Waals surface area contributed by atoms with Crippen LogP contribution in [0.3, 0.4) is 0 Å². The fraction of sp³-hybridized carbons (Fsp3) is 0.429. The van der Waals surface area contributed by atoms with Crippen molar-refractivity contribution in [3.05, 3.63) is 29.3 Å². The van der Waals surface area contributed by atoms with Crippen molar-refractivity contribution in [1.82, 2.24) is 4.72 Å². The van der Waals surface area contributed by atoms with Crippen LogP contribution in [0.4, 0.5) is 8.78 Å². The Hall–Kier alpha value is -1.49. The minimum atomic E-state index is -4.08. The lowest BCUT2D eigenvalue weighted by Gasteiger charge is -2.09. The molecule has 0 aliphatic rings. The molecule has 0 aromatic heterocycles. The summed E-state index contributed by atoms with van der Waals surface area (Å²) in [6.45, 7) is 2.13. The third-order valence-electron chi connectivity index (χ3n) is 2.67. The number of halogens is 2. The first-order chi connectivity index (χ1) is 9.92. The topological polar surface area (TPSA) is 72.2 Å². The van der Waals surface area contributed by atoms with Gasteiger partial charge in [-0.25, -0.2) is 21.9 Å². The van der Waals surface area contributed by atoms with Gasteiger partial charge in [0.2, 0.25) is 10.0 Å². The molecule has 0 atom stereocenters.